The van der Waals surface area contributed by atoms with Gasteiger partial charge in [-0.05, 0) is 135 Å². The number of rotatable bonds is 21. The zero-order chi connectivity index (χ0) is 58.5. The first-order chi connectivity index (χ1) is 38.1. The first-order valence-electron chi connectivity index (χ1n) is 24.7. The number of phenols is 2. The number of unbranched alkanes of at least 4 members (excludes halogenated alkanes) is 2. The average molecular weight is 1110 g/mol. The van der Waals surface area contributed by atoms with Gasteiger partial charge in [0.05, 0.1) is 18.1 Å². The molecule has 0 fully saturated rings. The van der Waals surface area contributed by atoms with Crippen molar-refractivity contribution >= 4 is 34.9 Å². The largest absolute Gasteiger partial charge is 0.508 e. The summed E-state index contributed by atoms with van der Waals surface area (Å²) < 4.78 is 108. The van der Waals surface area contributed by atoms with Crippen LogP contribution in [0.2, 0.25) is 0 Å². The number of aromatic nitrogens is 2. The number of nitrogens with zero attached hydrogens (tertiary/aromatic N) is 2. The molecule has 0 aliphatic rings. The van der Waals surface area contributed by atoms with Crippen molar-refractivity contribution in [3.05, 3.63) is 178 Å². The highest BCUT2D eigenvalue weighted by atomic mass is 19.2. The SMILES string of the molecule is NC(Cc1ccc(O)cc1)C(=O)NCCCCC(N)C(=O)Nc1ccc(C#Cc2c(F)c(F)nc(F)c2F)cc1.NCCCCC(CC(=O)C(N)Cc1ccc(O)cc1)C(=O)Nc1ccc(C#Cc2c(F)c(F)nc(F)c2F)cc1. The van der Waals surface area contributed by atoms with E-state index in [0.717, 1.165) is 11.1 Å². The topological polar surface area (TPSA) is 275 Å². The Hall–Kier alpha value is -8.74. The predicted octanol–water partition coefficient (Wildman–Crippen LogP) is 6.82. The molecule has 15 nitrogen and oxygen atoms in total. The van der Waals surface area contributed by atoms with Crippen LogP contribution in [0.25, 0.3) is 0 Å². The van der Waals surface area contributed by atoms with Crippen LogP contribution in [0.5, 0.6) is 11.5 Å². The van der Waals surface area contributed by atoms with Crippen LogP contribution < -0.4 is 38.9 Å². The van der Waals surface area contributed by atoms with Gasteiger partial charge in [-0.25, -0.2) is 17.6 Å². The maximum atomic E-state index is 13.8. The molecule has 2 aromatic heterocycles. The molecule has 6 aromatic rings. The number of nitrogens with two attached hydrogens (primary N) is 4. The molecule has 4 aromatic carbocycles. The van der Waals surface area contributed by atoms with Crippen LogP contribution in [0.15, 0.2) is 97.1 Å². The molecule has 80 heavy (non-hydrogen) atoms. The summed E-state index contributed by atoms with van der Waals surface area (Å²) in [5.74, 6) is -6.94. The number of ketones is 1. The molecule has 4 atom stereocenters. The number of hydrogen-bond donors (Lipinski definition) is 9. The van der Waals surface area contributed by atoms with E-state index in [-0.39, 0.29) is 47.2 Å². The number of amides is 3. The second-order valence-corrected chi connectivity index (χ2v) is 18.0. The summed E-state index contributed by atoms with van der Waals surface area (Å²) in [6.07, 6.45) is 3.75. The molecule has 420 valence electrons. The van der Waals surface area contributed by atoms with Gasteiger partial charge in [-0.3, -0.25) is 19.2 Å². The number of halogens is 8. The van der Waals surface area contributed by atoms with Crippen LogP contribution in [-0.2, 0) is 32.0 Å². The molecule has 0 radical (unpaired) electrons. The number of phenolic OH excluding ortho intramolecular Hbond substituents is 2. The van der Waals surface area contributed by atoms with Gasteiger partial charge in [0.2, 0.25) is 17.7 Å². The van der Waals surface area contributed by atoms with E-state index < -0.39 is 94.0 Å². The minimum atomic E-state index is -1.80. The maximum Gasteiger partial charge on any atom is 0.253 e. The van der Waals surface area contributed by atoms with Crippen LogP contribution in [0.4, 0.5) is 46.5 Å². The van der Waals surface area contributed by atoms with Gasteiger partial charge in [0.25, 0.3) is 23.8 Å². The summed E-state index contributed by atoms with van der Waals surface area (Å²) in [6.45, 7) is 0.809. The van der Waals surface area contributed by atoms with Crippen LogP contribution in [0, 0.1) is 76.7 Å². The molecule has 0 spiro atoms. The van der Waals surface area contributed by atoms with Gasteiger partial charge >= 0.3 is 0 Å². The van der Waals surface area contributed by atoms with Crippen LogP contribution in [-0.4, -0.2) is 74.9 Å². The fourth-order valence-electron chi connectivity index (χ4n) is 7.41. The van der Waals surface area contributed by atoms with E-state index in [1.807, 2.05) is 5.92 Å². The van der Waals surface area contributed by atoms with Crippen molar-refractivity contribution in [1.29, 1.82) is 0 Å². The lowest BCUT2D eigenvalue weighted by atomic mass is 9.91. The van der Waals surface area contributed by atoms with Crippen molar-refractivity contribution < 1.29 is 64.5 Å². The van der Waals surface area contributed by atoms with E-state index in [1.54, 1.807) is 24.3 Å². The third-order valence-corrected chi connectivity index (χ3v) is 11.9. The number of aromatic hydroxyl groups is 2. The van der Waals surface area contributed by atoms with Crippen LogP contribution >= 0.6 is 0 Å². The fraction of sp³-hybridized carbons (Fsp3) is 0.263. The molecule has 2 heterocycles. The highest BCUT2D eigenvalue weighted by Crippen LogP contribution is 2.22. The van der Waals surface area contributed by atoms with Gasteiger partial charge in [-0.2, -0.15) is 27.5 Å². The summed E-state index contributed by atoms with van der Waals surface area (Å²) in [7, 11) is 0. The Morgan fingerprint density at radius 1 is 0.487 bits per heavy atom. The summed E-state index contributed by atoms with van der Waals surface area (Å²) in [4.78, 5) is 55.4. The first kappa shape index (κ1) is 62.1. The van der Waals surface area contributed by atoms with Crippen molar-refractivity contribution in [2.45, 2.75) is 75.9 Å². The molecular weight excluding hydrogens is 1060 g/mol. The monoisotopic (exact) mass is 1110 g/mol. The maximum absolute atomic E-state index is 13.8. The predicted molar refractivity (Wildman–Crippen MR) is 281 cm³/mol. The normalized spacial score (nSPS) is 12.2. The first-order valence-corrected chi connectivity index (χ1v) is 24.7. The molecule has 4 unspecified atom stereocenters. The molecule has 0 aliphatic carbocycles. The molecule has 0 saturated carbocycles. The minimum Gasteiger partial charge on any atom is -0.508 e. The zero-order valence-electron chi connectivity index (χ0n) is 42.6. The summed E-state index contributed by atoms with van der Waals surface area (Å²) in [5, 5.41) is 26.9. The Bertz CT molecular complexity index is 3190. The van der Waals surface area contributed by atoms with Gasteiger partial charge in [-0.15, -0.1) is 0 Å². The quantitative estimate of drug-likeness (QED) is 0.0155. The lowest BCUT2D eigenvalue weighted by Gasteiger charge is -2.19. The number of Topliss-reactive ketones (excluding diaryl/α,β-unsaturated/α-hetero) is 1. The van der Waals surface area contributed by atoms with Gasteiger partial charge < -0.3 is 49.1 Å². The second kappa shape index (κ2) is 30.4. The number of hydrogen-bond acceptors (Lipinski definition) is 12. The minimum absolute atomic E-state index is 0.0740. The number of benzene rings is 4. The second-order valence-electron chi connectivity index (χ2n) is 18.0. The van der Waals surface area contributed by atoms with Crippen molar-refractivity contribution in [2.24, 2.45) is 28.9 Å². The summed E-state index contributed by atoms with van der Waals surface area (Å²) >= 11 is 0. The van der Waals surface area contributed by atoms with E-state index in [4.69, 9.17) is 22.9 Å². The van der Waals surface area contributed by atoms with Crippen molar-refractivity contribution in [2.75, 3.05) is 23.7 Å². The molecule has 6 rings (SSSR count). The molecule has 3 amide bonds. The number of nitrogens with one attached hydrogen (secondary N) is 3. The summed E-state index contributed by atoms with van der Waals surface area (Å²) in [5.41, 5.74) is 24.3. The van der Waals surface area contributed by atoms with Crippen molar-refractivity contribution in [1.82, 2.24) is 15.3 Å². The average Bonchev–Trinajstić information content (AvgIpc) is 3.43. The molecular formula is C57H55F8N9O6. The Morgan fingerprint density at radius 3 is 1.34 bits per heavy atom. The molecule has 0 saturated heterocycles. The van der Waals surface area contributed by atoms with E-state index in [2.05, 4.69) is 43.7 Å². The highest BCUT2D eigenvalue weighted by molar-refractivity contribution is 5.96. The van der Waals surface area contributed by atoms with Crippen molar-refractivity contribution in [3.63, 3.8) is 0 Å². The lowest BCUT2D eigenvalue weighted by molar-refractivity contribution is -0.127. The highest BCUT2D eigenvalue weighted by Gasteiger charge is 2.26. The van der Waals surface area contributed by atoms with E-state index in [0.29, 0.717) is 69.4 Å². The number of pyridine rings is 2. The van der Waals surface area contributed by atoms with Crippen LogP contribution in [0.1, 0.15) is 78.3 Å². The Balaban J connectivity index is 0.000000294. The number of carbonyl (C=O) groups is 4. The summed E-state index contributed by atoms with van der Waals surface area (Å²) in [6, 6.07) is 22.1. The van der Waals surface area contributed by atoms with E-state index in [1.165, 1.54) is 72.8 Å². The molecule has 0 aliphatic heterocycles. The molecule has 0 bridgehead atoms. The Kier molecular flexibility index (Phi) is 23.6. The van der Waals surface area contributed by atoms with E-state index in [9.17, 15) is 64.5 Å². The van der Waals surface area contributed by atoms with Gasteiger partial charge in [0, 0.05) is 41.4 Å². The van der Waals surface area contributed by atoms with Crippen molar-refractivity contribution in [3.8, 4) is 35.2 Å². The fourth-order valence-corrected chi connectivity index (χ4v) is 7.41. The third kappa shape index (κ3) is 19.0. The molecule has 23 heteroatoms. The standard InChI is InChI=1S/C29H28F4N4O3.C28H27F4N5O3/c30-25-22(26(31)28(33)37-27(25)32)13-8-17-4-9-20(10-5-17)36-29(40)19(3-1-2-14-34)16-24(39)23(35)15-18-6-11-21(38)12-7-18;29-23-20(24(30)26(32)37-25(23)31)13-8-16-4-9-18(10-5-16)36-28(40)21(33)3-1-2-14-35-27(39)22(34)15-17-6-11-19(38)12-7-17/h4-7,9-12,19,23,38H,1-3,14-16,34-35H2,(H,36,40);4-7,9-12,21-22,38H,1-3,14-15,33-34H2,(H,35,39)(H,36,40). The number of carbonyl (C=O) groups excluding carboxylic acids is 4. The molecule has 13 N–H and O–H groups in total. The smallest absolute Gasteiger partial charge is 0.253 e. The van der Waals surface area contributed by atoms with Crippen LogP contribution in [0.3, 0.4) is 0 Å². The Labute approximate surface area is 454 Å². The Morgan fingerprint density at radius 2 is 0.900 bits per heavy atom. The van der Waals surface area contributed by atoms with Gasteiger partial charge in [-0.1, -0.05) is 54.4 Å². The number of anilines is 2. The zero-order valence-corrected chi connectivity index (χ0v) is 42.6. The lowest BCUT2D eigenvalue weighted by Crippen LogP contribution is -2.42. The third-order valence-electron chi connectivity index (χ3n) is 11.9. The van der Waals surface area contributed by atoms with Gasteiger partial charge in [0.1, 0.15) is 22.6 Å². The van der Waals surface area contributed by atoms with Gasteiger partial charge in [0.15, 0.2) is 29.1 Å². The van der Waals surface area contributed by atoms with E-state index >= 15 is 0 Å².